The van der Waals surface area contributed by atoms with Gasteiger partial charge in [0, 0.05) is 5.22 Å². The van der Waals surface area contributed by atoms with Gasteiger partial charge in [-0.2, -0.15) is 0 Å². The van der Waals surface area contributed by atoms with Crippen LogP contribution in [0.5, 0.6) is 0 Å². The summed E-state index contributed by atoms with van der Waals surface area (Å²) in [4.78, 5) is 0. The van der Waals surface area contributed by atoms with E-state index in [0.717, 1.165) is 10.8 Å². The van der Waals surface area contributed by atoms with Crippen molar-refractivity contribution in [1.29, 1.82) is 0 Å². The maximum absolute atomic E-state index is 14.1. The quantitative estimate of drug-likeness (QED) is 0.716. The zero-order chi connectivity index (χ0) is 13.3. The highest BCUT2D eigenvalue weighted by Crippen LogP contribution is 2.41. The van der Waals surface area contributed by atoms with E-state index in [1.54, 1.807) is 18.2 Å². The van der Waals surface area contributed by atoms with Gasteiger partial charge in [-0.25, -0.2) is 4.39 Å². The monoisotopic (exact) mass is 260 g/mol. The van der Waals surface area contributed by atoms with Crippen LogP contribution in [0.1, 0.15) is 23.9 Å². The van der Waals surface area contributed by atoms with Crippen molar-refractivity contribution < 1.29 is 4.39 Å². The molecule has 1 heterocycles. The standard InChI is InChI=1S/C16H21FSi/c1-5-7-14-12(2)10-13(11-15(14)17)16-8-6-9-18(16,3)4/h5,7,10-11,16H,1-2,6,8-9H2,3-4H3/b14-7+. The van der Waals surface area contributed by atoms with Crippen molar-refractivity contribution >= 4 is 20.7 Å². The van der Waals surface area contributed by atoms with Gasteiger partial charge >= 0.3 is 0 Å². The van der Waals surface area contributed by atoms with Gasteiger partial charge in [0.25, 0.3) is 0 Å². The topological polar surface area (TPSA) is 0 Å². The molecule has 0 aliphatic carbocycles. The minimum atomic E-state index is -1.22. The first-order valence-electron chi connectivity index (χ1n) is 6.57. The number of hydrogen-bond acceptors (Lipinski definition) is 0. The fourth-order valence-electron chi connectivity index (χ4n) is 3.15. The Kier molecular flexibility index (Phi) is 3.58. The fourth-order valence-corrected chi connectivity index (χ4v) is 6.67. The van der Waals surface area contributed by atoms with Crippen LogP contribution in [0.2, 0.25) is 19.1 Å². The van der Waals surface area contributed by atoms with E-state index in [-0.39, 0.29) is 5.82 Å². The molecule has 0 aromatic heterocycles. The summed E-state index contributed by atoms with van der Waals surface area (Å²) in [6, 6.07) is 5.14. The van der Waals surface area contributed by atoms with Crippen LogP contribution < -0.4 is 10.4 Å². The first-order chi connectivity index (χ1) is 8.45. The molecule has 0 saturated carbocycles. The zero-order valence-corrected chi connectivity index (χ0v) is 12.3. The smallest absolute Gasteiger partial charge is 0.131 e. The maximum atomic E-state index is 14.1. The number of rotatable bonds is 2. The summed E-state index contributed by atoms with van der Waals surface area (Å²) in [7, 11) is -1.22. The molecule has 0 radical (unpaired) electrons. The van der Waals surface area contributed by atoms with Gasteiger partial charge in [0.2, 0.25) is 0 Å². The highest BCUT2D eigenvalue weighted by molar-refractivity contribution is 6.79. The Bertz CT molecular complexity index is 571. The lowest BCUT2D eigenvalue weighted by atomic mass is 10.1. The highest BCUT2D eigenvalue weighted by Gasteiger charge is 2.37. The van der Waals surface area contributed by atoms with Crippen molar-refractivity contribution in [3.8, 4) is 0 Å². The summed E-state index contributed by atoms with van der Waals surface area (Å²) in [6.07, 6.45) is 5.81. The van der Waals surface area contributed by atoms with Crippen LogP contribution in [0.15, 0.2) is 24.8 Å². The Balaban J connectivity index is 2.53. The first kappa shape index (κ1) is 13.3. The summed E-state index contributed by atoms with van der Waals surface area (Å²) < 4.78 is 14.1. The van der Waals surface area contributed by atoms with E-state index in [0.29, 0.717) is 10.8 Å². The molecule has 1 aliphatic rings. The van der Waals surface area contributed by atoms with Gasteiger partial charge < -0.3 is 0 Å². The van der Waals surface area contributed by atoms with Crippen LogP contribution in [-0.2, 0) is 0 Å². The molecule has 1 fully saturated rings. The third-order valence-electron chi connectivity index (χ3n) is 4.18. The third kappa shape index (κ3) is 2.34. The second-order valence-corrected chi connectivity index (χ2v) is 11.1. The SMILES string of the molecule is C=C/C=c1/c(F)cc(C2CCC[Si]2(C)C)cc1=C. The van der Waals surface area contributed by atoms with Crippen molar-refractivity contribution in [2.45, 2.75) is 37.5 Å². The summed E-state index contributed by atoms with van der Waals surface area (Å²) in [5, 5.41) is 1.35. The second-order valence-electron chi connectivity index (χ2n) is 5.91. The number of benzene rings is 1. The Hall–Kier alpha value is -1.15. The number of hydrogen-bond donors (Lipinski definition) is 0. The van der Waals surface area contributed by atoms with Gasteiger partial charge in [-0.05, 0) is 28.8 Å². The average molecular weight is 260 g/mol. The van der Waals surface area contributed by atoms with E-state index in [4.69, 9.17) is 0 Å². The van der Waals surface area contributed by atoms with Crippen LogP contribution in [0.25, 0.3) is 12.7 Å². The summed E-state index contributed by atoms with van der Waals surface area (Å²) >= 11 is 0. The predicted molar refractivity (Wildman–Crippen MR) is 80.1 cm³/mol. The van der Waals surface area contributed by atoms with E-state index in [1.165, 1.54) is 18.9 Å². The van der Waals surface area contributed by atoms with Gasteiger partial charge in [-0.15, -0.1) is 0 Å². The lowest BCUT2D eigenvalue weighted by molar-refractivity contribution is 0.613. The third-order valence-corrected chi connectivity index (χ3v) is 8.33. The second kappa shape index (κ2) is 4.85. The zero-order valence-electron chi connectivity index (χ0n) is 11.3. The fraction of sp³-hybridized carbons (Fsp3) is 0.375. The van der Waals surface area contributed by atoms with Gasteiger partial charge in [0.1, 0.15) is 5.82 Å². The normalized spacial score (nSPS) is 23.3. The molecular weight excluding hydrogens is 239 g/mol. The molecule has 1 unspecified atom stereocenters. The molecule has 0 amide bonds. The number of allylic oxidation sites excluding steroid dienone is 1. The average Bonchev–Trinajstić information content (AvgIpc) is 2.63. The number of halogens is 1. The Morgan fingerprint density at radius 3 is 2.61 bits per heavy atom. The van der Waals surface area contributed by atoms with E-state index in [1.807, 2.05) is 0 Å². The molecule has 0 nitrogen and oxygen atoms in total. The molecule has 1 saturated heterocycles. The molecule has 96 valence electrons. The lowest BCUT2D eigenvalue weighted by Gasteiger charge is -2.25. The summed E-state index contributed by atoms with van der Waals surface area (Å²) in [6.45, 7) is 12.4. The Morgan fingerprint density at radius 1 is 1.39 bits per heavy atom. The lowest BCUT2D eigenvalue weighted by Crippen LogP contribution is -2.33. The van der Waals surface area contributed by atoms with Crippen LogP contribution in [0, 0.1) is 5.82 Å². The van der Waals surface area contributed by atoms with Crippen LogP contribution >= 0.6 is 0 Å². The maximum Gasteiger partial charge on any atom is 0.131 e. The summed E-state index contributed by atoms with van der Waals surface area (Å²) in [5.41, 5.74) is 1.75. The van der Waals surface area contributed by atoms with E-state index >= 15 is 0 Å². The van der Waals surface area contributed by atoms with Crippen LogP contribution in [0.3, 0.4) is 0 Å². The molecule has 1 aromatic carbocycles. The van der Waals surface area contributed by atoms with Crippen molar-refractivity contribution in [3.05, 3.63) is 46.6 Å². The van der Waals surface area contributed by atoms with Crippen molar-refractivity contribution in [2.75, 3.05) is 0 Å². The van der Waals surface area contributed by atoms with Crippen molar-refractivity contribution in [2.24, 2.45) is 0 Å². The molecule has 0 spiro atoms. The largest absolute Gasteiger partial charge is 0.206 e. The van der Waals surface area contributed by atoms with E-state index in [2.05, 4.69) is 32.3 Å². The van der Waals surface area contributed by atoms with Crippen LogP contribution in [-0.4, -0.2) is 8.07 Å². The van der Waals surface area contributed by atoms with Gasteiger partial charge in [0.05, 0.1) is 8.07 Å². The molecule has 1 atom stereocenters. The molecule has 2 heteroatoms. The first-order valence-corrected chi connectivity index (χ1v) is 9.85. The van der Waals surface area contributed by atoms with E-state index in [9.17, 15) is 4.39 Å². The van der Waals surface area contributed by atoms with Gasteiger partial charge in [-0.1, -0.05) is 56.9 Å². The van der Waals surface area contributed by atoms with E-state index < -0.39 is 8.07 Å². The highest BCUT2D eigenvalue weighted by atomic mass is 28.3. The molecule has 2 rings (SSSR count). The predicted octanol–water partition coefficient (Wildman–Crippen LogP) is 3.33. The minimum absolute atomic E-state index is 0.158. The molecule has 18 heavy (non-hydrogen) atoms. The molecule has 0 bridgehead atoms. The molecule has 1 aliphatic heterocycles. The molecule has 0 N–H and O–H groups in total. The Morgan fingerprint density at radius 2 is 2.11 bits per heavy atom. The molecule has 1 aromatic rings. The summed E-state index contributed by atoms with van der Waals surface area (Å²) in [5.74, 6) is -0.158. The molecular formula is C16H21FSi. The van der Waals surface area contributed by atoms with Crippen LogP contribution in [0.4, 0.5) is 4.39 Å². The minimum Gasteiger partial charge on any atom is -0.206 e. The van der Waals surface area contributed by atoms with Gasteiger partial charge in [0.15, 0.2) is 0 Å². The Labute approximate surface area is 110 Å². The van der Waals surface area contributed by atoms with Crippen molar-refractivity contribution in [3.63, 3.8) is 0 Å². The van der Waals surface area contributed by atoms with Crippen molar-refractivity contribution in [1.82, 2.24) is 0 Å². The van der Waals surface area contributed by atoms with Gasteiger partial charge in [-0.3, -0.25) is 0 Å².